The number of rotatable bonds is 4. The van der Waals surface area contributed by atoms with Gasteiger partial charge in [-0.15, -0.1) is 0 Å². The van der Waals surface area contributed by atoms with Crippen LogP contribution in [0.15, 0.2) is 18.2 Å². The third-order valence-electron chi connectivity index (χ3n) is 2.21. The standard InChI is InChI=1S/C12H16IO/c1-3-4-10-5-11(9(2)8-14)7-12(13)6-10/h5-7,9,14H,2-4,8H2,1H3. The molecule has 1 nitrogen and oxygen atoms in total. The van der Waals surface area contributed by atoms with Crippen LogP contribution < -0.4 is 0 Å². The summed E-state index contributed by atoms with van der Waals surface area (Å²) in [6.07, 6.45) is 2.25. The average Bonchev–Trinajstić information content (AvgIpc) is 2.16. The minimum absolute atomic E-state index is 0.000298. The summed E-state index contributed by atoms with van der Waals surface area (Å²) in [6, 6.07) is 6.44. The molecular weight excluding hydrogens is 287 g/mol. The van der Waals surface area contributed by atoms with Crippen molar-refractivity contribution in [2.45, 2.75) is 25.7 Å². The van der Waals surface area contributed by atoms with Gasteiger partial charge in [-0.3, -0.25) is 0 Å². The molecule has 1 aromatic rings. The molecule has 1 N–H and O–H groups in total. The van der Waals surface area contributed by atoms with Crippen LogP contribution in [0.25, 0.3) is 0 Å². The second kappa shape index (κ2) is 5.71. The molecular formula is C12H16IO. The van der Waals surface area contributed by atoms with E-state index in [0.29, 0.717) is 0 Å². The van der Waals surface area contributed by atoms with Gasteiger partial charge in [0.1, 0.15) is 0 Å². The second-order valence-corrected chi connectivity index (χ2v) is 4.77. The van der Waals surface area contributed by atoms with Gasteiger partial charge in [-0.1, -0.05) is 19.4 Å². The van der Waals surface area contributed by atoms with Gasteiger partial charge in [0.05, 0.1) is 0 Å². The molecule has 0 saturated heterocycles. The van der Waals surface area contributed by atoms with E-state index < -0.39 is 0 Å². The molecule has 0 saturated carbocycles. The number of aryl methyl sites for hydroxylation is 1. The number of aliphatic hydroxyl groups is 1. The molecule has 1 aromatic carbocycles. The molecule has 0 aromatic heterocycles. The summed E-state index contributed by atoms with van der Waals surface area (Å²) in [5.74, 6) is 0.000298. The van der Waals surface area contributed by atoms with Crippen LogP contribution in [0.3, 0.4) is 0 Å². The molecule has 0 bridgehead atoms. The van der Waals surface area contributed by atoms with Crippen LogP contribution in [0, 0.1) is 10.5 Å². The minimum atomic E-state index is 0.000298. The SMILES string of the molecule is [CH2]C(CO)c1cc(I)cc(CCC)c1. The molecule has 1 radical (unpaired) electrons. The Balaban J connectivity index is 2.94. The molecule has 2 heteroatoms. The van der Waals surface area contributed by atoms with Gasteiger partial charge in [0.15, 0.2) is 0 Å². The van der Waals surface area contributed by atoms with Gasteiger partial charge in [-0.05, 0) is 59.2 Å². The van der Waals surface area contributed by atoms with Gasteiger partial charge in [0, 0.05) is 16.1 Å². The molecule has 0 aliphatic rings. The topological polar surface area (TPSA) is 20.2 Å². The molecule has 0 fully saturated rings. The highest BCUT2D eigenvalue weighted by molar-refractivity contribution is 14.1. The molecule has 0 aliphatic carbocycles. The van der Waals surface area contributed by atoms with E-state index in [0.717, 1.165) is 18.4 Å². The van der Waals surface area contributed by atoms with Crippen molar-refractivity contribution < 1.29 is 5.11 Å². The van der Waals surface area contributed by atoms with Crippen LogP contribution in [0.1, 0.15) is 30.4 Å². The highest BCUT2D eigenvalue weighted by Gasteiger charge is 2.06. The largest absolute Gasteiger partial charge is 0.396 e. The summed E-state index contributed by atoms with van der Waals surface area (Å²) in [5.41, 5.74) is 2.49. The molecule has 0 aliphatic heterocycles. The summed E-state index contributed by atoms with van der Waals surface area (Å²) < 4.78 is 1.23. The molecule has 0 heterocycles. The van der Waals surface area contributed by atoms with E-state index in [-0.39, 0.29) is 12.5 Å². The first-order chi connectivity index (χ1) is 6.67. The Kier molecular flexibility index (Phi) is 4.89. The van der Waals surface area contributed by atoms with E-state index >= 15 is 0 Å². The normalized spacial score (nSPS) is 12.9. The Hall–Kier alpha value is -0.0900. The van der Waals surface area contributed by atoms with Crippen molar-refractivity contribution in [3.63, 3.8) is 0 Å². The van der Waals surface area contributed by atoms with Crippen molar-refractivity contribution in [2.24, 2.45) is 0 Å². The van der Waals surface area contributed by atoms with E-state index in [2.05, 4.69) is 54.6 Å². The Bertz CT molecular complexity index is 296. The average molecular weight is 303 g/mol. The zero-order valence-corrected chi connectivity index (χ0v) is 10.6. The fraction of sp³-hybridized carbons (Fsp3) is 0.417. The summed E-state index contributed by atoms with van der Waals surface area (Å²) in [5, 5.41) is 9.03. The molecule has 1 rings (SSSR count). The summed E-state index contributed by atoms with van der Waals surface area (Å²) in [6.45, 7) is 6.21. The van der Waals surface area contributed by atoms with Crippen molar-refractivity contribution in [2.75, 3.05) is 6.61 Å². The van der Waals surface area contributed by atoms with Crippen LogP contribution in [-0.4, -0.2) is 11.7 Å². The zero-order valence-electron chi connectivity index (χ0n) is 8.46. The van der Waals surface area contributed by atoms with E-state index in [1.807, 2.05) is 0 Å². The third kappa shape index (κ3) is 3.24. The fourth-order valence-corrected chi connectivity index (χ4v) is 2.21. The van der Waals surface area contributed by atoms with E-state index in [1.165, 1.54) is 9.13 Å². The number of halogens is 1. The molecule has 1 atom stereocenters. The highest BCUT2D eigenvalue weighted by atomic mass is 127. The lowest BCUT2D eigenvalue weighted by Crippen LogP contribution is -2.01. The van der Waals surface area contributed by atoms with Crippen molar-refractivity contribution in [1.82, 2.24) is 0 Å². The van der Waals surface area contributed by atoms with Crippen molar-refractivity contribution >= 4 is 22.6 Å². The van der Waals surface area contributed by atoms with Gasteiger partial charge >= 0.3 is 0 Å². The lowest BCUT2D eigenvalue weighted by atomic mass is 9.98. The van der Waals surface area contributed by atoms with Crippen LogP contribution >= 0.6 is 22.6 Å². The van der Waals surface area contributed by atoms with E-state index in [4.69, 9.17) is 5.11 Å². The van der Waals surface area contributed by atoms with Crippen molar-refractivity contribution in [1.29, 1.82) is 0 Å². The number of benzene rings is 1. The highest BCUT2D eigenvalue weighted by Crippen LogP contribution is 2.20. The van der Waals surface area contributed by atoms with Crippen LogP contribution in [0.2, 0.25) is 0 Å². The fourth-order valence-electron chi connectivity index (χ4n) is 1.45. The Labute approximate surface area is 99.7 Å². The monoisotopic (exact) mass is 303 g/mol. The van der Waals surface area contributed by atoms with Crippen molar-refractivity contribution in [3.8, 4) is 0 Å². The van der Waals surface area contributed by atoms with Gasteiger partial charge in [-0.25, -0.2) is 0 Å². The maximum atomic E-state index is 9.03. The Morgan fingerprint density at radius 3 is 2.71 bits per heavy atom. The summed E-state index contributed by atoms with van der Waals surface area (Å²) >= 11 is 2.31. The molecule has 1 unspecified atom stereocenters. The second-order valence-electron chi connectivity index (χ2n) is 3.52. The van der Waals surface area contributed by atoms with Gasteiger partial charge in [0.25, 0.3) is 0 Å². The zero-order chi connectivity index (χ0) is 10.6. The van der Waals surface area contributed by atoms with Gasteiger partial charge in [-0.2, -0.15) is 0 Å². The van der Waals surface area contributed by atoms with Gasteiger partial charge < -0.3 is 5.11 Å². The van der Waals surface area contributed by atoms with Crippen molar-refractivity contribution in [3.05, 3.63) is 39.8 Å². The lowest BCUT2D eigenvalue weighted by molar-refractivity contribution is 0.282. The summed E-state index contributed by atoms with van der Waals surface area (Å²) in [7, 11) is 0. The smallest absolute Gasteiger partial charge is 0.0499 e. The predicted octanol–water partition coefficient (Wildman–Crippen LogP) is 3.15. The minimum Gasteiger partial charge on any atom is -0.396 e. The lowest BCUT2D eigenvalue weighted by Gasteiger charge is -2.11. The molecule has 14 heavy (non-hydrogen) atoms. The van der Waals surface area contributed by atoms with Crippen LogP contribution in [0.4, 0.5) is 0 Å². The molecule has 77 valence electrons. The number of hydrogen-bond acceptors (Lipinski definition) is 1. The maximum Gasteiger partial charge on any atom is 0.0499 e. The maximum absolute atomic E-state index is 9.03. The van der Waals surface area contributed by atoms with Gasteiger partial charge in [0.2, 0.25) is 0 Å². The van der Waals surface area contributed by atoms with E-state index in [9.17, 15) is 0 Å². The number of hydrogen-bond donors (Lipinski definition) is 1. The van der Waals surface area contributed by atoms with Crippen LogP contribution in [0.5, 0.6) is 0 Å². The molecule has 0 amide bonds. The molecule has 0 spiro atoms. The summed E-state index contributed by atoms with van der Waals surface area (Å²) in [4.78, 5) is 0. The van der Waals surface area contributed by atoms with Crippen LogP contribution in [-0.2, 0) is 6.42 Å². The first kappa shape index (κ1) is 12.0. The predicted molar refractivity (Wildman–Crippen MR) is 68.3 cm³/mol. The van der Waals surface area contributed by atoms with E-state index in [1.54, 1.807) is 0 Å². The first-order valence-electron chi connectivity index (χ1n) is 4.90. The Morgan fingerprint density at radius 1 is 1.43 bits per heavy atom. The third-order valence-corrected chi connectivity index (χ3v) is 2.83. The first-order valence-corrected chi connectivity index (χ1v) is 5.98. The quantitative estimate of drug-likeness (QED) is 0.847. The Morgan fingerprint density at radius 2 is 2.14 bits per heavy atom. The number of aliphatic hydroxyl groups excluding tert-OH is 1.